The number of nitrogens with zero attached hydrogens (tertiary/aromatic N) is 3. The largest absolute Gasteiger partial charge is 0.491 e. The molecule has 0 atom stereocenters. The van der Waals surface area contributed by atoms with Gasteiger partial charge in [-0.1, -0.05) is 0 Å². The summed E-state index contributed by atoms with van der Waals surface area (Å²) in [5.41, 5.74) is 1.16. The Labute approximate surface area is 108 Å². The van der Waals surface area contributed by atoms with E-state index in [4.69, 9.17) is 9.47 Å². The van der Waals surface area contributed by atoms with Crippen molar-refractivity contribution in [3.63, 3.8) is 0 Å². The van der Waals surface area contributed by atoms with E-state index in [1.165, 1.54) is 0 Å². The number of hydrogen-bond acceptors (Lipinski definition) is 5. The smallest absolute Gasteiger partial charge is 0.256 e. The number of hydrogen-bond donors (Lipinski definition) is 0. The molecule has 1 aromatic rings. The summed E-state index contributed by atoms with van der Waals surface area (Å²) in [6.45, 7) is 5.37. The molecule has 0 N–H and O–H groups in total. The Bertz CT molecular complexity index is 390. The molecule has 2 rings (SSSR count). The number of piperazine rings is 1. The molecule has 1 aromatic heterocycles. The molecule has 1 aliphatic heterocycles. The first-order valence-electron chi connectivity index (χ1n) is 6.20. The van der Waals surface area contributed by atoms with Crippen molar-refractivity contribution in [3.05, 3.63) is 17.8 Å². The van der Waals surface area contributed by atoms with Gasteiger partial charge in [0, 0.05) is 38.9 Å². The highest BCUT2D eigenvalue weighted by Crippen LogP contribution is 2.25. The maximum atomic E-state index is 5.27. The normalized spacial score (nSPS) is 17.7. The molecule has 100 valence electrons. The summed E-state index contributed by atoms with van der Waals surface area (Å²) in [6.07, 6.45) is 1.86. The number of rotatable bonds is 4. The third-order valence-corrected chi connectivity index (χ3v) is 3.29. The summed E-state index contributed by atoms with van der Waals surface area (Å²) in [7, 11) is 5.40. The Kier molecular flexibility index (Phi) is 4.38. The van der Waals surface area contributed by atoms with Crippen molar-refractivity contribution >= 4 is 0 Å². The van der Waals surface area contributed by atoms with Crippen LogP contribution in [-0.4, -0.2) is 62.2 Å². The van der Waals surface area contributed by atoms with Crippen LogP contribution in [0.15, 0.2) is 12.3 Å². The average molecular weight is 251 g/mol. The standard InChI is InChI=1S/C13H21N3O2/c1-15-4-6-16(7-5-15)10-11-8-12(17-2)13(18-3)14-9-11/h8-9H,4-7,10H2,1-3H3. The van der Waals surface area contributed by atoms with Gasteiger partial charge in [-0.15, -0.1) is 0 Å². The van der Waals surface area contributed by atoms with Crippen molar-refractivity contribution in [2.75, 3.05) is 47.4 Å². The van der Waals surface area contributed by atoms with Gasteiger partial charge < -0.3 is 14.4 Å². The monoisotopic (exact) mass is 251 g/mol. The zero-order chi connectivity index (χ0) is 13.0. The molecular weight excluding hydrogens is 230 g/mol. The van der Waals surface area contributed by atoms with E-state index in [0.29, 0.717) is 11.6 Å². The highest BCUT2D eigenvalue weighted by Gasteiger charge is 2.15. The second-order valence-electron chi connectivity index (χ2n) is 4.63. The lowest BCUT2D eigenvalue weighted by atomic mass is 10.2. The van der Waals surface area contributed by atoms with Crippen molar-refractivity contribution in [1.29, 1.82) is 0 Å². The van der Waals surface area contributed by atoms with Gasteiger partial charge in [-0.3, -0.25) is 4.90 Å². The topological polar surface area (TPSA) is 37.8 Å². The van der Waals surface area contributed by atoms with E-state index < -0.39 is 0 Å². The van der Waals surface area contributed by atoms with Gasteiger partial charge in [0.1, 0.15) is 0 Å². The molecule has 0 aliphatic carbocycles. The van der Waals surface area contributed by atoms with Gasteiger partial charge in [0.15, 0.2) is 5.75 Å². The molecular formula is C13H21N3O2. The molecule has 0 aromatic carbocycles. The molecule has 1 saturated heterocycles. The molecule has 0 unspecified atom stereocenters. The second-order valence-corrected chi connectivity index (χ2v) is 4.63. The predicted molar refractivity (Wildman–Crippen MR) is 70.1 cm³/mol. The van der Waals surface area contributed by atoms with Crippen molar-refractivity contribution in [3.8, 4) is 11.6 Å². The Hall–Kier alpha value is -1.33. The van der Waals surface area contributed by atoms with Crippen LogP contribution in [0.5, 0.6) is 11.6 Å². The van der Waals surface area contributed by atoms with E-state index in [-0.39, 0.29) is 0 Å². The molecule has 0 amide bonds. The number of aromatic nitrogens is 1. The second kappa shape index (κ2) is 6.02. The summed E-state index contributed by atoms with van der Waals surface area (Å²) >= 11 is 0. The van der Waals surface area contributed by atoms with Crippen molar-refractivity contribution in [1.82, 2.24) is 14.8 Å². The molecule has 0 saturated carbocycles. The van der Waals surface area contributed by atoms with Crippen LogP contribution in [-0.2, 0) is 6.54 Å². The third-order valence-electron chi connectivity index (χ3n) is 3.29. The summed E-state index contributed by atoms with van der Waals surface area (Å²) in [4.78, 5) is 9.05. The maximum absolute atomic E-state index is 5.27. The first-order valence-corrected chi connectivity index (χ1v) is 6.20. The van der Waals surface area contributed by atoms with Crippen LogP contribution in [0.25, 0.3) is 0 Å². The number of pyridine rings is 1. The summed E-state index contributed by atoms with van der Waals surface area (Å²) in [5, 5.41) is 0. The molecule has 2 heterocycles. The van der Waals surface area contributed by atoms with Crippen LogP contribution >= 0.6 is 0 Å². The van der Waals surface area contributed by atoms with Crippen LogP contribution < -0.4 is 9.47 Å². The lowest BCUT2D eigenvalue weighted by Gasteiger charge is -2.32. The van der Waals surface area contributed by atoms with Crippen LogP contribution in [0, 0.1) is 0 Å². The highest BCUT2D eigenvalue weighted by atomic mass is 16.5. The van der Waals surface area contributed by atoms with Crippen molar-refractivity contribution in [2.45, 2.75) is 6.54 Å². The lowest BCUT2D eigenvalue weighted by molar-refractivity contribution is 0.148. The quantitative estimate of drug-likeness (QED) is 0.793. The summed E-state index contributed by atoms with van der Waals surface area (Å²) in [5.74, 6) is 1.24. The molecule has 1 aliphatic rings. The van der Waals surface area contributed by atoms with Gasteiger partial charge in [0.05, 0.1) is 14.2 Å². The fraction of sp³-hybridized carbons (Fsp3) is 0.615. The Morgan fingerprint density at radius 3 is 2.50 bits per heavy atom. The van der Waals surface area contributed by atoms with Crippen LogP contribution in [0.2, 0.25) is 0 Å². The first kappa shape index (κ1) is 13.1. The fourth-order valence-electron chi connectivity index (χ4n) is 2.12. The average Bonchev–Trinajstić information content (AvgIpc) is 2.41. The Morgan fingerprint density at radius 1 is 1.17 bits per heavy atom. The van der Waals surface area contributed by atoms with E-state index >= 15 is 0 Å². The van der Waals surface area contributed by atoms with E-state index in [2.05, 4.69) is 21.8 Å². The number of likely N-dealkylation sites (N-methyl/N-ethyl adjacent to an activating group) is 1. The number of ether oxygens (including phenoxy) is 2. The maximum Gasteiger partial charge on any atom is 0.256 e. The molecule has 18 heavy (non-hydrogen) atoms. The van der Waals surface area contributed by atoms with E-state index in [0.717, 1.165) is 38.3 Å². The van der Waals surface area contributed by atoms with Crippen LogP contribution in [0.4, 0.5) is 0 Å². The molecule has 0 radical (unpaired) electrons. The van der Waals surface area contributed by atoms with Crippen LogP contribution in [0.1, 0.15) is 5.56 Å². The van der Waals surface area contributed by atoms with Gasteiger partial charge in [0.2, 0.25) is 0 Å². The molecule has 5 nitrogen and oxygen atoms in total. The zero-order valence-electron chi connectivity index (χ0n) is 11.3. The Morgan fingerprint density at radius 2 is 1.89 bits per heavy atom. The molecule has 5 heteroatoms. The van der Waals surface area contributed by atoms with Gasteiger partial charge in [-0.05, 0) is 18.7 Å². The molecule has 0 spiro atoms. The van der Waals surface area contributed by atoms with Gasteiger partial charge in [-0.2, -0.15) is 0 Å². The van der Waals surface area contributed by atoms with Gasteiger partial charge in [-0.25, -0.2) is 4.98 Å². The highest BCUT2D eigenvalue weighted by molar-refractivity contribution is 5.36. The van der Waals surface area contributed by atoms with E-state index in [9.17, 15) is 0 Å². The zero-order valence-corrected chi connectivity index (χ0v) is 11.3. The number of methoxy groups -OCH3 is 2. The summed E-state index contributed by atoms with van der Waals surface area (Å²) in [6, 6.07) is 2.00. The minimum Gasteiger partial charge on any atom is -0.491 e. The van der Waals surface area contributed by atoms with Gasteiger partial charge >= 0.3 is 0 Å². The van der Waals surface area contributed by atoms with E-state index in [1.54, 1.807) is 14.2 Å². The molecule has 0 bridgehead atoms. The Balaban J connectivity index is 2.01. The molecule has 1 fully saturated rings. The third kappa shape index (κ3) is 3.11. The predicted octanol–water partition coefficient (Wildman–Crippen LogP) is 0.846. The SMILES string of the molecule is COc1cc(CN2CCN(C)CC2)cnc1OC. The van der Waals surface area contributed by atoms with Gasteiger partial charge in [0.25, 0.3) is 5.88 Å². The van der Waals surface area contributed by atoms with Crippen molar-refractivity contribution < 1.29 is 9.47 Å². The minimum absolute atomic E-state index is 0.541. The lowest BCUT2D eigenvalue weighted by Crippen LogP contribution is -2.43. The van der Waals surface area contributed by atoms with E-state index in [1.807, 2.05) is 12.3 Å². The van der Waals surface area contributed by atoms with Crippen LogP contribution in [0.3, 0.4) is 0 Å². The summed E-state index contributed by atoms with van der Waals surface area (Å²) < 4.78 is 10.4. The fourth-order valence-corrected chi connectivity index (χ4v) is 2.12. The first-order chi connectivity index (χ1) is 8.72. The minimum atomic E-state index is 0.541. The van der Waals surface area contributed by atoms with Crippen molar-refractivity contribution in [2.24, 2.45) is 0 Å².